The van der Waals surface area contributed by atoms with Crippen LogP contribution in [0.5, 0.6) is 0 Å². The van der Waals surface area contributed by atoms with Crippen molar-refractivity contribution < 1.29 is 9.84 Å². The summed E-state index contributed by atoms with van der Waals surface area (Å²) in [5.41, 5.74) is 3.01. The van der Waals surface area contributed by atoms with E-state index < -0.39 is 5.60 Å². The second-order valence-corrected chi connectivity index (χ2v) is 7.18. The van der Waals surface area contributed by atoms with Crippen molar-refractivity contribution in [3.63, 3.8) is 0 Å². The van der Waals surface area contributed by atoms with Gasteiger partial charge in [0.15, 0.2) is 6.20 Å². The zero-order chi connectivity index (χ0) is 19.0. The number of hydrogen-bond acceptors (Lipinski definition) is 4. The number of aromatic nitrogens is 2. The van der Waals surface area contributed by atoms with Gasteiger partial charge in [0.05, 0.1) is 0 Å². The Morgan fingerprint density at radius 2 is 1.96 bits per heavy atom. The number of anilines is 2. The van der Waals surface area contributed by atoms with Crippen molar-refractivity contribution in [1.29, 1.82) is 0 Å². The van der Waals surface area contributed by atoms with Gasteiger partial charge in [-0.25, -0.2) is 4.98 Å². The van der Waals surface area contributed by atoms with Crippen molar-refractivity contribution in [2.24, 2.45) is 0 Å². The van der Waals surface area contributed by atoms with Gasteiger partial charge in [-0.15, -0.1) is 0 Å². The molecule has 27 heavy (non-hydrogen) atoms. The molecular formula is C22H21N3O2. The lowest BCUT2D eigenvalue weighted by atomic mass is 10.0. The molecule has 3 heterocycles. The summed E-state index contributed by atoms with van der Waals surface area (Å²) in [5.74, 6) is 0.924. The average Bonchev–Trinajstić information content (AvgIpc) is 2.66. The number of pyridine rings is 2. The van der Waals surface area contributed by atoms with Crippen molar-refractivity contribution >= 4 is 11.5 Å². The second kappa shape index (κ2) is 6.52. The van der Waals surface area contributed by atoms with Crippen molar-refractivity contribution in [3.05, 3.63) is 89.7 Å². The molecule has 0 saturated carbocycles. The van der Waals surface area contributed by atoms with E-state index in [2.05, 4.69) is 22.0 Å². The third-order valence-corrected chi connectivity index (χ3v) is 4.69. The molecular weight excluding hydrogens is 338 g/mol. The topological polar surface area (TPSA) is 63.3 Å². The molecule has 5 nitrogen and oxygen atoms in total. The SMILES string of the molecule is CC(C)(O)c1ccc(-c2cccc(N3C=CCc4cccnc43)c2)c[n+]1[O-]. The smallest absolute Gasteiger partial charge is 0.223 e. The molecule has 0 bridgehead atoms. The fourth-order valence-electron chi connectivity index (χ4n) is 3.33. The Balaban J connectivity index is 1.73. The van der Waals surface area contributed by atoms with Crippen LogP contribution in [0.1, 0.15) is 25.1 Å². The molecule has 5 heteroatoms. The molecule has 0 fully saturated rings. The third kappa shape index (κ3) is 3.29. The second-order valence-electron chi connectivity index (χ2n) is 7.18. The van der Waals surface area contributed by atoms with Crippen LogP contribution in [0.15, 0.2) is 73.2 Å². The minimum atomic E-state index is -1.18. The van der Waals surface area contributed by atoms with Crippen LogP contribution >= 0.6 is 0 Å². The first-order valence-electron chi connectivity index (χ1n) is 8.90. The molecule has 1 aliphatic rings. The predicted molar refractivity (Wildman–Crippen MR) is 105 cm³/mol. The fourth-order valence-corrected chi connectivity index (χ4v) is 3.33. The number of rotatable bonds is 3. The Hall–Kier alpha value is -3.18. The van der Waals surface area contributed by atoms with Crippen LogP contribution in [-0.2, 0) is 12.0 Å². The maximum Gasteiger partial charge on any atom is 0.223 e. The number of hydrogen-bond donors (Lipinski definition) is 1. The average molecular weight is 359 g/mol. The predicted octanol–water partition coefficient (Wildman–Crippen LogP) is 3.82. The molecule has 4 rings (SSSR count). The Bertz CT molecular complexity index is 1020. The first-order valence-corrected chi connectivity index (χ1v) is 8.90. The van der Waals surface area contributed by atoms with Crippen molar-refractivity contribution in [1.82, 2.24) is 4.98 Å². The highest BCUT2D eigenvalue weighted by atomic mass is 16.5. The molecule has 2 aromatic heterocycles. The summed E-state index contributed by atoms with van der Waals surface area (Å²) >= 11 is 0. The Kier molecular flexibility index (Phi) is 4.16. The van der Waals surface area contributed by atoms with Gasteiger partial charge in [0.1, 0.15) is 11.4 Å². The largest absolute Gasteiger partial charge is 0.618 e. The van der Waals surface area contributed by atoms with Gasteiger partial charge >= 0.3 is 0 Å². The molecule has 0 radical (unpaired) electrons. The zero-order valence-corrected chi connectivity index (χ0v) is 15.3. The number of benzene rings is 1. The normalized spacial score (nSPS) is 13.5. The van der Waals surface area contributed by atoms with Crippen LogP contribution < -0.4 is 9.63 Å². The standard InChI is InChI=1S/C22H21N3O2/c1-22(2,26)20-11-10-18(15-25(20)27)17-6-3-9-19(14-17)24-13-5-8-16-7-4-12-23-21(16)24/h3-7,9-15,26H,8H2,1-2H3. The summed E-state index contributed by atoms with van der Waals surface area (Å²) in [6.45, 7) is 3.20. The molecule has 0 saturated heterocycles. The van der Waals surface area contributed by atoms with Crippen molar-refractivity contribution in [2.45, 2.75) is 25.9 Å². The first kappa shape index (κ1) is 17.2. The van der Waals surface area contributed by atoms with Crippen LogP contribution in [0.2, 0.25) is 0 Å². The lowest BCUT2D eigenvalue weighted by molar-refractivity contribution is -0.621. The van der Waals surface area contributed by atoms with Gasteiger partial charge in [-0.1, -0.05) is 24.3 Å². The number of nitrogens with zero attached hydrogens (tertiary/aromatic N) is 3. The summed E-state index contributed by atoms with van der Waals surface area (Å²) in [4.78, 5) is 6.58. The van der Waals surface area contributed by atoms with Gasteiger partial charge in [0, 0.05) is 29.7 Å². The molecule has 1 N–H and O–H groups in total. The van der Waals surface area contributed by atoms with Crippen LogP contribution in [0.3, 0.4) is 0 Å². The van der Waals surface area contributed by atoms with E-state index in [0.29, 0.717) is 5.69 Å². The molecule has 0 unspecified atom stereocenters. The molecule has 136 valence electrons. The van der Waals surface area contributed by atoms with Gasteiger partial charge in [0.2, 0.25) is 5.69 Å². The zero-order valence-electron chi connectivity index (χ0n) is 15.3. The molecule has 0 aliphatic carbocycles. The minimum Gasteiger partial charge on any atom is -0.618 e. The third-order valence-electron chi connectivity index (χ3n) is 4.69. The van der Waals surface area contributed by atoms with Crippen LogP contribution in [-0.4, -0.2) is 10.1 Å². The van der Waals surface area contributed by atoms with E-state index in [-0.39, 0.29) is 0 Å². The number of aliphatic hydroxyl groups is 1. The van der Waals surface area contributed by atoms with Gasteiger partial charge in [-0.3, -0.25) is 0 Å². The Labute approximate surface area is 158 Å². The van der Waals surface area contributed by atoms with Crippen LogP contribution in [0, 0.1) is 5.21 Å². The van der Waals surface area contributed by atoms with E-state index in [1.807, 2.05) is 42.6 Å². The minimum absolute atomic E-state index is 0.319. The van der Waals surface area contributed by atoms with E-state index in [1.165, 1.54) is 11.8 Å². The van der Waals surface area contributed by atoms with Gasteiger partial charge < -0.3 is 15.2 Å². The van der Waals surface area contributed by atoms with Gasteiger partial charge in [0.25, 0.3) is 0 Å². The molecule has 1 aromatic carbocycles. The molecule has 1 aliphatic heterocycles. The summed E-state index contributed by atoms with van der Waals surface area (Å²) < 4.78 is 0.736. The fraction of sp³-hybridized carbons (Fsp3) is 0.182. The summed E-state index contributed by atoms with van der Waals surface area (Å²) in [6.07, 6.45) is 8.31. The Morgan fingerprint density at radius 1 is 1.11 bits per heavy atom. The highest BCUT2D eigenvalue weighted by Crippen LogP contribution is 2.33. The molecule has 3 aromatic rings. The van der Waals surface area contributed by atoms with Crippen molar-refractivity contribution in [3.8, 4) is 11.1 Å². The van der Waals surface area contributed by atoms with Crippen LogP contribution in [0.25, 0.3) is 11.1 Å². The van der Waals surface area contributed by atoms with E-state index in [0.717, 1.165) is 33.8 Å². The Morgan fingerprint density at radius 3 is 2.74 bits per heavy atom. The monoisotopic (exact) mass is 359 g/mol. The molecule has 0 spiro atoms. The van der Waals surface area contributed by atoms with E-state index >= 15 is 0 Å². The maximum atomic E-state index is 12.3. The van der Waals surface area contributed by atoms with E-state index in [4.69, 9.17) is 0 Å². The number of fused-ring (bicyclic) bond motifs is 1. The quantitative estimate of drug-likeness (QED) is 0.570. The maximum absolute atomic E-state index is 12.3. The van der Waals surface area contributed by atoms with E-state index in [9.17, 15) is 10.3 Å². The van der Waals surface area contributed by atoms with E-state index in [1.54, 1.807) is 26.1 Å². The van der Waals surface area contributed by atoms with Crippen molar-refractivity contribution in [2.75, 3.05) is 4.90 Å². The lowest BCUT2D eigenvalue weighted by Crippen LogP contribution is -2.39. The van der Waals surface area contributed by atoms with Gasteiger partial charge in [-0.2, -0.15) is 4.73 Å². The first-order chi connectivity index (χ1) is 12.9. The van der Waals surface area contributed by atoms with Gasteiger partial charge in [-0.05, 0) is 55.7 Å². The molecule has 0 atom stereocenters. The highest BCUT2D eigenvalue weighted by molar-refractivity contribution is 5.73. The summed E-state index contributed by atoms with van der Waals surface area (Å²) in [6, 6.07) is 15.6. The molecule has 0 amide bonds. The summed E-state index contributed by atoms with van der Waals surface area (Å²) in [5, 5.41) is 22.4. The lowest BCUT2D eigenvalue weighted by Gasteiger charge is -2.25. The van der Waals surface area contributed by atoms with Crippen LogP contribution in [0.4, 0.5) is 11.5 Å². The highest BCUT2D eigenvalue weighted by Gasteiger charge is 2.25. The summed E-state index contributed by atoms with van der Waals surface area (Å²) in [7, 11) is 0. The number of allylic oxidation sites excluding steroid dienone is 1.